The summed E-state index contributed by atoms with van der Waals surface area (Å²) in [5.74, 6) is -0.259. The lowest BCUT2D eigenvalue weighted by atomic mass is 10.1. The van der Waals surface area contributed by atoms with Crippen LogP contribution in [-0.4, -0.2) is 51.7 Å². The molecule has 1 aromatic heterocycles. The summed E-state index contributed by atoms with van der Waals surface area (Å²) in [6.45, 7) is 6.49. The number of nitrogens with zero attached hydrogens (tertiary/aromatic N) is 4. The van der Waals surface area contributed by atoms with E-state index in [1.807, 2.05) is 25.7 Å². The third kappa shape index (κ3) is 3.40. The normalized spacial score (nSPS) is 22.1. The van der Waals surface area contributed by atoms with Gasteiger partial charge in [-0.25, -0.2) is 9.18 Å². The van der Waals surface area contributed by atoms with Crippen LogP contribution in [0.3, 0.4) is 0 Å². The third-order valence-electron chi connectivity index (χ3n) is 5.10. The summed E-state index contributed by atoms with van der Waals surface area (Å²) in [5, 5.41) is 0.451. The highest BCUT2D eigenvalue weighted by Gasteiger charge is 2.45. The van der Waals surface area contributed by atoms with Gasteiger partial charge in [-0.15, -0.1) is 0 Å². The number of benzene rings is 1. The van der Waals surface area contributed by atoms with Gasteiger partial charge in [0.1, 0.15) is 16.9 Å². The van der Waals surface area contributed by atoms with Crippen LogP contribution in [0.1, 0.15) is 33.6 Å². The van der Waals surface area contributed by atoms with Crippen molar-refractivity contribution in [3.05, 3.63) is 28.5 Å². The van der Waals surface area contributed by atoms with Crippen LogP contribution in [0.25, 0.3) is 10.9 Å². The maximum atomic E-state index is 14.4. The molecular weight excluding hydrogens is 434 g/mol. The molecule has 2 atom stereocenters. The van der Waals surface area contributed by atoms with Crippen LogP contribution in [-0.2, 0) is 4.74 Å². The van der Waals surface area contributed by atoms with Crippen LogP contribution in [0.4, 0.5) is 19.4 Å². The average molecular weight is 455 g/mol. The molecule has 0 radical (unpaired) electrons. The van der Waals surface area contributed by atoms with E-state index in [4.69, 9.17) is 4.74 Å². The van der Waals surface area contributed by atoms with Gasteiger partial charge in [0, 0.05) is 18.5 Å². The Morgan fingerprint density at radius 1 is 1.18 bits per heavy atom. The molecule has 2 aliphatic rings. The smallest absolute Gasteiger partial charge is 0.410 e. The standard InChI is InChI=1S/C19H21BrF2N4O2/c1-19(2,3)28-18(27)26-10-4-5-11(26)9-25(8-10)16-12-6-7-13(20)14(21)15(12)23-17(22)24-16/h6-7,10-11H,4-5,8-9H2,1-3H3. The van der Waals surface area contributed by atoms with E-state index in [1.165, 1.54) is 0 Å². The molecule has 2 bridgehead atoms. The van der Waals surface area contributed by atoms with Gasteiger partial charge in [0.2, 0.25) is 0 Å². The molecule has 0 saturated carbocycles. The minimum Gasteiger partial charge on any atom is -0.444 e. The summed E-state index contributed by atoms with van der Waals surface area (Å²) in [5.41, 5.74) is -0.622. The first kappa shape index (κ1) is 19.3. The van der Waals surface area contributed by atoms with E-state index >= 15 is 0 Å². The topological polar surface area (TPSA) is 58.6 Å². The second kappa shape index (κ2) is 6.79. The zero-order valence-electron chi connectivity index (χ0n) is 15.9. The molecule has 1 aromatic carbocycles. The van der Waals surface area contributed by atoms with Gasteiger partial charge in [0.25, 0.3) is 0 Å². The van der Waals surface area contributed by atoms with Gasteiger partial charge in [-0.3, -0.25) is 4.90 Å². The Balaban J connectivity index is 1.65. The lowest BCUT2D eigenvalue weighted by Crippen LogP contribution is -2.57. The molecule has 6 nitrogen and oxygen atoms in total. The Morgan fingerprint density at radius 3 is 2.43 bits per heavy atom. The van der Waals surface area contributed by atoms with Gasteiger partial charge in [0.15, 0.2) is 5.82 Å². The number of piperazine rings is 1. The van der Waals surface area contributed by atoms with Crippen molar-refractivity contribution in [1.82, 2.24) is 14.9 Å². The van der Waals surface area contributed by atoms with Gasteiger partial charge in [-0.05, 0) is 61.7 Å². The number of hydrogen-bond donors (Lipinski definition) is 0. The summed E-state index contributed by atoms with van der Waals surface area (Å²) in [4.78, 5) is 23.9. The van der Waals surface area contributed by atoms with Crippen molar-refractivity contribution in [3.8, 4) is 0 Å². The van der Waals surface area contributed by atoms with Crippen molar-refractivity contribution in [3.63, 3.8) is 0 Å². The van der Waals surface area contributed by atoms with E-state index in [1.54, 1.807) is 17.0 Å². The highest BCUT2D eigenvalue weighted by Crippen LogP contribution is 2.36. The molecule has 0 aliphatic carbocycles. The highest BCUT2D eigenvalue weighted by molar-refractivity contribution is 9.10. The molecule has 4 rings (SSSR count). The largest absolute Gasteiger partial charge is 0.444 e. The Hall–Kier alpha value is -2.03. The van der Waals surface area contributed by atoms with Crippen LogP contribution in [0, 0.1) is 11.9 Å². The lowest BCUT2D eigenvalue weighted by Gasteiger charge is -2.42. The van der Waals surface area contributed by atoms with Gasteiger partial charge in [-0.1, -0.05) is 0 Å². The van der Waals surface area contributed by atoms with Gasteiger partial charge < -0.3 is 9.64 Å². The number of aromatic nitrogens is 2. The van der Waals surface area contributed by atoms with Gasteiger partial charge in [-0.2, -0.15) is 14.4 Å². The fraction of sp³-hybridized carbons (Fsp3) is 0.526. The van der Waals surface area contributed by atoms with E-state index in [0.29, 0.717) is 24.3 Å². The summed E-state index contributed by atoms with van der Waals surface area (Å²) in [6.07, 6.45) is 0.382. The fourth-order valence-electron chi connectivity index (χ4n) is 4.02. The van der Waals surface area contributed by atoms with Crippen molar-refractivity contribution >= 4 is 38.7 Å². The predicted octanol–water partition coefficient (Wildman–Crippen LogP) is 4.26. The first-order valence-corrected chi connectivity index (χ1v) is 10.0. The van der Waals surface area contributed by atoms with Gasteiger partial charge in [0.05, 0.1) is 16.6 Å². The van der Waals surface area contributed by atoms with Crippen LogP contribution in [0.5, 0.6) is 0 Å². The number of halogens is 3. The number of fused-ring (bicyclic) bond motifs is 3. The average Bonchev–Trinajstić information content (AvgIpc) is 2.87. The van der Waals surface area contributed by atoms with Crippen LogP contribution in [0.2, 0.25) is 0 Å². The Morgan fingerprint density at radius 2 is 1.82 bits per heavy atom. The summed E-state index contributed by atoms with van der Waals surface area (Å²) < 4.78 is 34.2. The number of amides is 1. The predicted molar refractivity (Wildman–Crippen MR) is 104 cm³/mol. The molecule has 150 valence electrons. The zero-order chi connectivity index (χ0) is 20.2. The van der Waals surface area contributed by atoms with Crippen molar-refractivity contribution in [2.45, 2.75) is 51.3 Å². The molecule has 2 aromatic rings. The molecular formula is C19H21BrF2N4O2. The van der Waals surface area contributed by atoms with Crippen molar-refractivity contribution in [2.24, 2.45) is 0 Å². The molecule has 2 unspecified atom stereocenters. The van der Waals surface area contributed by atoms with E-state index in [-0.39, 0.29) is 28.2 Å². The van der Waals surface area contributed by atoms with E-state index < -0.39 is 17.5 Å². The number of rotatable bonds is 1. The van der Waals surface area contributed by atoms with Crippen LogP contribution < -0.4 is 4.90 Å². The molecule has 9 heteroatoms. The van der Waals surface area contributed by atoms with Crippen LogP contribution in [0.15, 0.2) is 16.6 Å². The summed E-state index contributed by atoms with van der Waals surface area (Å²) in [6, 6.07) is 3.14. The first-order valence-electron chi connectivity index (χ1n) is 9.21. The second-order valence-electron chi connectivity index (χ2n) is 8.25. The Labute approximate surface area is 170 Å². The molecule has 2 fully saturated rings. The molecule has 2 saturated heterocycles. The van der Waals surface area contributed by atoms with E-state index in [0.717, 1.165) is 12.8 Å². The highest BCUT2D eigenvalue weighted by atomic mass is 79.9. The molecule has 0 N–H and O–H groups in total. The molecule has 3 heterocycles. The number of carbonyl (C=O) groups is 1. The number of anilines is 1. The quantitative estimate of drug-likeness (QED) is 0.602. The van der Waals surface area contributed by atoms with Crippen molar-refractivity contribution < 1.29 is 18.3 Å². The maximum Gasteiger partial charge on any atom is 0.410 e. The monoisotopic (exact) mass is 454 g/mol. The minimum atomic E-state index is -0.971. The maximum absolute atomic E-state index is 14.4. The fourth-order valence-corrected chi connectivity index (χ4v) is 4.34. The number of ether oxygens (including phenoxy) is 1. The Kier molecular flexibility index (Phi) is 4.68. The zero-order valence-corrected chi connectivity index (χ0v) is 17.5. The molecule has 28 heavy (non-hydrogen) atoms. The number of hydrogen-bond acceptors (Lipinski definition) is 5. The second-order valence-corrected chi connectivity index (χ2v) is 9.11. The first-order chi connectivity index (χ1) is 13.1. The molecule has 0 spiro atoms. The summed E-state index contributed by atoms with van der Waals surface area (Å²) in [7, 11) is 0. The van der Waals surface area contributed by atoms with E-state index in [2.05, 4.69) is 25.9 Å². The summed E-state index contributed by atoms with van der Waals surface area (Å²) >= 11 is 3.11. The minimum absolute atomic E-state index is 0.0537. The molecule has 2 aliphatic heterocycles. The van der Waals surface area contributed by atoms with Crippen LogP contribution >= 0.6 is 15.9 Å². The SMILES string of the molecule is CC(C)(C)OC(=O)N1C2CCC1CN(c1nc(F)nc3c(F)c(Br)ccc13)C2. The van der Waals surface area contributed by atoms with Crippen molar-refractivity contribution in [1.29, 1.82) is 0 Å². The van der Waals surface area contributed by atoms with E-state index in [9.17, 15) is 13.6 Å². The van der Waals surface area contributed by atoms with Crippen molar-refractivity contribution in [2.75, 3.05) is 18.0 Å². The number of carbonyl (C=O) groups excluding carboxylic acids is 1. The Bertz CT molecular complexity index is 936. The van der Waals surface area contributed by atoms with Gasteiger partial charge >= 0.3 is 12.2 Å². The lowest BCUT2D eigenvalue weighted by molar-refractivity contribution is 0.0123. The molecule has 1 amide bonds. The third-order valence-corrected chi connectivity index (χ3v) is 5.71.